The highest BCUT2D eigenvalue weighted by molar-refractivity contribution is 6.30. The summed E-state index contributed by atoms with van der Waals surface area (Å²) in [6.07, 6.45) is 0.937. The number of carbonyl (C=O) groups excluding carboxylic acids is 1. The van der Waals surface area contributed by atoms with Crippen LogP contribution >= 0.6 is 11.6 Å². The minimum absolute atomic E-state index is 0.195. The summed E-state index contributed by atoms with van der Waals surface area (Å²) in [5, 5.41) is 9.30. The van der Waals surface area contributed by atoms with E-state index >= 15 is 0 Å². The van der Waals surface area contributed by atoms with E-state index in [1.807, 2.05) is 12.1 Å². The number of pyridine rings is 1. The zero-order chi connectivity index (χ0) is 18.0. The molecule has 0 aliphatic carbocycles. The number of hydrogen-bond donors (Lipinski definition) is 1. The van der Waals surface area contributed by atoms with Gasteiger partial charge in [-0.25, -0.2) is 0 Å². The van der Waals surface area contributed by atoms with Gasteiger partial charge in [0.15, 0.2) is 5.75 Å². The van der Waals surface area contributed by atoms with Crippen molar-refractivity contribution >= 4 is 23.5 Å². The van der Waals surface area contributed by atoms with Crippen molar-refractivity contribution in [1.29, 1.82) is 0 Å². The van der Waals surface area contributed by atoms with Crippen molar-refractivity contribution in [2.24, 2.45) is 0 Å². The lowest BCUT2D eigenvalue weighted by Gasteiger charge is -2.13. The molecular weight excluding hydrogens is 346 g/mol. The van der Waals surface area contributed by atoms with Gasteiger partial charge >= 0.3 is 11.9 Å². The average molecular weight is 362 g/mol. The van der Waals surface area contributed by atoms with Gasteiger partial charge in [0.05, 0.1) is 25.1 Å². The highest BCUT2D eigenvalue weighted by Crippen LogP contribution is 2.41. The van der Waals surface area contributed by atoms with Crippen molar-refractivity contribution in [3.05, 3.63) is 57.9 Å². The van der Waals surface area contributed by atoms with Crippen LogP contribution in [0.4, 0.5) is 0 Å². The SMILES string of the molecule is Cc1ncc2c(c1OC(=O)CCC(=O)O)CO[C@H]2c1ccc(Cl)cc1. The smallest absolute Gasteiger partial charge is 0.311 e. The van der Waals surface area contributed by atoms with Gasteiger partial charge in [0.2, 0.25) is 0 Å². The third kappa shape index (κ3) is 3.81. The van der Waals surface area contributed by atoms with Crippen LogP contribution in [0, 0.1) is 6.92 Å². The van der Waals surface area contributed by atoms with Crippen LogP contribution in [-0.2, 0) is 20.9 Å². The Morgan fingerprint density at radius 2 is 2.04 bits per heavy atom. The van der Waals surface area contributed by atoms with Gasteiger partial charge in [0.1, 0.15) is 6.10 Å². The molecule has 0 amide bonds. The van der Waals surface area contributed by atoms with Crippen LogP contribution in [-0.4, -0.2) is 22.0 Å². The molecule has 0 unspecified atom stereocenters. The zero-order valence-corrected chi connectivity index (χ0v) is 14.2. The second-order valence-electron chi connectivity index (χ2n) is 5.72. The molecule has 1 aromatic heterocycles. The number of carbonyl (C=O) groups is 2. The third-order valence-corrected chi connectivity index (χ3v) is 4.21. The molecule has 0 bridgehead atoms. The molecule has 3 rings (SSSR count). The Morgan fingerprint density at radius 3 is 2.72 bits per heavy atom. The first-order valence-corrected chi connectivity index (χ1v) is 8.11. The lowest BCUT2D eigenvalue weighted by Crippen LogP contribution is -2.13. The highest BCUT2D eigenvalue weighted by Gasteiger charge is 2.30. The van der Waals surface area contributed by atoms with E-state index in [9.17, 15) is 9.59 Å². The molecule has 2 heterocycles. The second kappa shape index (κ2) is 7.21. The molecule has 0 fully saturated rings. The van der Waals surface area contributed by atoms with E-state index in [4.69, 9.17) is 26.2 Å². The summed E-state index contributed by atoms with van der Waals surface area (Å²) in [5.74, 6) is -1.30. The van der Waals surface area contributed by atoms with Gasteiger partial charge < -0.3 is 14.6 Å². The van der Waals surface area contributed by atoms with Crippen molar-refractivity contribution in [3.63, 3.8) is 0 Å². The number of rotatable bonds is 5. The first-order chi connectivity index (χ1) is 12.0. The van der Waals surface area contributed by atoms with Gasteiger partial charge in [-0.2, -0.15) is 0 Å². The lowest BCUT2D eigenvalue weighted by atomic mass is 10.0. The molecule has 0 saturated carbocycles. The fraction of sp³-hybridized carbons (Fsp3) is 0.278. The summed E-state index contributed by atoms with van der Waals surface area (Å²) in [4.78, 5) is 26.8. The molecule has 25 heavy (non-hydrogen) atoms. The Morgan fingerprint density at radius 1 is 1.32 bits per heavy atom. The van der Waals surface area contributed by atoms with Crippen LogP contribution < -0.4 is 4.74 Å². The summed E-state index contributed by atoms with van der Waals surface area (Å²) in [6, 6.07) is 7.32. The second-order valence-corrected chi connectivity index (χ2v) is 6.15. The Bertz CT molecular complexity index is 819. The van der Waals surface area contributed by atoms with E-state index in [-0.39, 0.29) is 25.6 Å². The summed E-state index contributed by atoms with van der Waals surface area (Å²) in [5.41, 5.74) is 3.07. The molecule has 0 saturated heterocycles. The van der Waals surface area contributed by atoms with E-state index < -0.39 is 11.9 Å². The average Bonchev–Trinajstić information content (AvgIpc) is 3.00. The van der Waals surface area contributed by atoms with Crippen molar-refractivity contribution in [1.82, 2.24) is 4.98 Å². The Labute approximate surface area is 149 Å². The molecule has 1 N–H and O–H groups in total. The van der Waals surface area contributed by atoms with E-state index in [1.54, 1.807) is 25.3 Å². The zero-order valence-electron chi connectivity index (χ0n) is 13.5. The topological polar surface area (TPSA) is 85.7 Å². The molecule has 7 heteroatoms. The highest BCUT2D eigenvalue weighted by atomic mass is 35.5. The van der Waals surface area contributed by atoms with Gasteiger partial charge in [-0.05, 0) is 24.6 Å². The minimum Gasteiger partial charge on any atom is -0.481 e. The van der Waals surface area contributed by atoms with Crippen molar-refractivity contribution in [3.8, 4) is 5.75 Å². The molecule has 2 aromatic rings. The maximum Gasteiger partial charge on any atom is 0.311 e. The van der Waals surface area contributed by atoms with Gasteiger partial charge in [-0.15, -0.1) is 0 Å². The Balaban J connectivity index is 1.86. The number of aliphatic carboxylic acids is 1. The number of benzene rings is 1. The number of aromatic nitrogens is 1. The molecule has 6 nitrogen and oxygen atoms in total. The van der Waals surface area contributed by atoms with E-state index in [0.29, 0.717) is 16.5 Å². The molecule has 0 radical (unpaired) electrons. The number of carboxylic acids is 1. The van der Waals surface area contributed by atoms with Crippen molar-refractivity contribution in [2.75, 3.05) is 0 Å². The maximum atomic E-state index is 11.9. The predicted molar refractivity (Wildman–Crippen MR) is 89.6 cm³/mol. The number of fused-ring (bicyclic) bond motifs is 1. The van der Waals surface area contributed by atoms with Crippen LogP contribution in [0.3, 0.4) is 0 Å². The quantitative estimate of drug-likeness (QED) is 0.821. The van der Waals surface area contributed by atoms with Crippen LogP contribution in [0.15, 0.2) is 30.5 Å². The summed E-state index contributed by atoms with van der Waals surface area (Å²) in [7, 11) is 0. The molecule has 1 aromatic carbocycles. The number of esters is 1. The van der Waals surface area contributed by atoms with Crippen molar-refractivity contribution < 1.29 is 24.2 Å². The molecular formula is C18H16ClNO5. The minimum atomic E-state index is -1.05. The van der Waals surface area contributed by atoms with Crippen LogP contribution in [0.5, 0.6) is 5.75 Å². The monoisotopic (exact) mass is 361 g/mol. The molecule has 1 aliphatic heterocycles. The summed E-state index contributed by atoms with van der Waals surface area (Å²) >= 11 is 5.92. The normalized spacial score (nSPS) is 15.7. The van der Waals surface area contributed by atoms with E-state index in [1.165, 1.54) is 0 Å². The van der Waals surface area contributed by atoms with Gasteiger partial charge in [-0.3, -0.25) is 14.6 Å². The Kier molecular flexibility index (Phi) is 5.01. The maximum absolute atomic E-state index is 11.9. The van der Waals surface area contributed by atoms with Crippen LogP contribution in [0.1, 0.15) is 41.3 Å². The molecule has 1 atom stereocenters. The first kappa shape index (κ1) is 17.4. The first-order valence-electron chi connectivity index (χ1n) is 7.73. The number of nitrogens with zero attached hydrogens (tertiary/aromatic N) is 1. The lowest BCUT2D eigenvalue weighted by molar-refractivity contribution is -0.142. The number of aryl methyl sites for hydroxylation is 1. The van der Waals surface area contributed by atoms with Gasteiger partial charge in [0.25, 0.3) is 0 Å². The fourth-order valence-corrected chi connectivity index (χ4v) is 2.83. The number of halogens is 1. The summed E-state index contributed by atoms with van der Waals surface area (Å²) in [6.45, 7) is 2.02. The summed E-state index contributed by atoms with van der Waals surface area (Å²) < 4.78 is 11.2. The number of hydrogen-bond acceptors (Lipinski definition) is 5. The van der Waals surface area contributed by atoms with Crippen LogP contribution in [0.25, 0.3) is 0 Å². The fourth-order valence-electron chi connectivity index (χ4n) is 2.71. The van der Waals surface area contributed by atoms with Gasteiger partial charge in [-0.1, -0.05) is 23.7 Å². The molecule has 0 spiro atoms. The Hall–Kier alpha value is -2.44. The van der Waals surface area contributed by atoms with Crippen LogP contribution in [0.2, 0.25) is 5.02 Å². The standard InChI is InChI=1S/C18H16ClNO5/c1-10-17(25-16(23)7-6-15(21)22)14-9-24-18(13(14)8-20-10)11-2-4-12(19)5-3-11/h2-5,8,18H,6-7,9H2,1H3,(H,21,22)/t18-/m0/s1. The molecule has 1 aliphatic rings. The molecule has 130 valence electrons. The number of carboxylic acid groups (broad SMARTS) is 1. The van der Waals surface area contributed by atoms with Crippen molar-refractivity contribution in [2.45, 2.75) is 32.5 Å². The van der Waals surface area contributed by atoms with E-state index in [2.05, 4.69) is 4.98 Å². The third-order valence-electron chi connectivity index (χ3n) is 3.96. The predicted octanol–water partition coefficient (Wildman–Crippen LogP) is 3.43. The van der Waals surface area contributed by atoms with E-state index in [0.717, 1.165) is 16.7 Å². The number of ether oxygens (including phenoxy) is 2. The largest absolute Gasteiger partial charge is 0.481 e. The van der Waals surface area contributed by atoms with Gasteiger partial charge in [0, 0.05) is 22.3 Å².